The van der Waals surface area contributed by atoms with Crippen molar-refractivity contribution in [1.29, 1.82) is 0 Å². The Balaban J connectivity index is 2.56. The second-order valence-electron chi connectivity index (χ2n) is 4.71. The lowest BCUT2D eigenvalue weighted by atomic mass is 10.2. The average molecular weight is 280 g/mol. The van der Waals surface area contributed by atoms with Crippen molar-refractivity contribution in [3.63, 3.8) is 0 Å². The summed E-state index contributed by atoms with van der Waals surface area (Å²) in [6.07, 6.45) is 0.912. The number of hydrogen-bond acceptors (Lipinski definition) is 4. The summed E-state index contributed by atoms with van der Waals surface area (Å²) in [6.45, 7) is 0. The standard InChI is InChI=1S/C12H16N4O4/c1-14-7(5-4-6-8(17)18)13-9-10(14)15(2)12(20)16(3)11(9)19/h4-6H2,1-3H3,(H,17,18). The van der Waals surface area contributed by atoms with E-state index in [1.807, 2.05) is 0 Å². The number of imidazole rings is 1. The largest absolute Gasteiger partial charge is 0.481 e. The van der Waals surface area contributed by atoms with E-state index < -0.39 is 17.2 Å². The van der Waals surface area contributed by atoms with Crippen molar-refractivity contribution in [2.24, 2.45) is 21.1 Å². The van der Waals surface area contributed by atoms with E-state index in [4.69, 9.17) is 5.11 Å². The zero-order valence-corrected chi connectivity index (χ0v) is 11.6. The van der Waals surface area contributed by atoms with Crippen LogP contribution >= 0.6 is 0 Å². The minimum atomic E-state index is -0.868. The third-order valence-electron chi connectivity index (χ3n) is 3.35. The Labute approximate surface area is 113 Å². The van der Waals surface area contributed by atoms with Crippen molar-refractivity contribution in [1.82, 2.24) is 18.7 Å². The molecule has 108 valence electrons. The van der Waals surface area contributed by atoms with Gasteiger partial charge in [0, 0.05) is 34.0 Å². The molecule has 0 fully saturated rings. The predicted octanol–water partition coefficient (Wildman–Crippen LogP) is -0.622. The minimum absolute atomic E-state index is 0.0418. The van der Waals surface area contributed by atoms with Crippen LogP contribution in [0.2, 0.25) is 0 Å². The molecule has 0 radical (unpaired) electrons. The third kappa shape index (κ3) is 2.13. The molecule has 0 aliphatic carbocycles. The van der Waals surface area contributed by atoms with Gasteiger partial charge in [-0.2, -0.15) is 0 Å². The first kappa shape index (κ1) is 14.0. The number of aliphatic carboxylic acids is 1. The molecule has 2 heterocycles. The molecule has 0 aromatic carbocycles. The number of carbonyl (C=O) groups is 1. The first-order valence-corrected chi connectivity index (χ1v) is 6.17. The SMILES string of the molecule is Cn1c(=O)c2nc(CCCC(=O)O)n(C)c2n(C)c1=O. The Morgan fingerprint density at radius 1 is 1.15 bits per heavy atom. The number of fused-ring (bicyclic) bond motifs is 1. The molecule has 8 heteroatoms. The molecular formula is C12H16N4O4. The van der Waals surface area contributed by atoms with Crippen molar-refractivity contribution < 1.29 is 9.90 Å². The van der Waals surface area contributed by atoms with Crippen LogP contribution in [0.5, 0.6) is 0 Å². The molecule has 1 N–H and O–H groups in total. The van der Waals surface area contributed by atoms with E-state index in [2.05, 4.69) is 4.98 Å². The highest BCUT2D eigenvalue weighted by Gasteiger charge is 2.16. The average Bonchev–Trinajstić information content (AvgIpc) is 2.71. The van der Waals surface area contributed by atoms with E-state index in [1.54, 1.807) is 18.7 Å². The number of carboxylic acid groups (broad SMARTS) is 1. The molecule has 20 heavy (non-hydrogen) atoms. The summed E-state index contributed by atoms with van der Waals surface area (Å²) >= 11 is 0. The van der Waals surface area contributed by atoms with Crippen LogP contribution in [0.3, 0.4) is 0 Å². The van der Waals surface area contributed by atoms with Crippen LogP contribution in [0, 0.1) is 0 Å². The van der Waals surface area contributed by atoms with Gasteiger partial charge in [-0.25, -0.2) is 9.78 Å². The van der Waals surface area contributed by atoms with Gasteiger partial charge in [0.2, 0.25) is 0 Å². The van der Waals surface area contributed by atoms with Gasteiger partial charge in [0.05, 0.1) is 0 Å². The molecule has 2 aromatic rings. The highest BCUT2D eigenvalue weighted by molar-refractivity contribution is 5.71. The molecular weight excluding hydrogens is 264 g/mol. The second kappa shape index (κ2) is 4.95. The number of nitrogens with zero attached hydrogens (tertiary/aromatic N) is 4. The minimum Gasteiger partial charge on any atom is -0.481 e. The quantitative estimate of drug-likeness (QED) is 0.804. The van der Waals surface area contributed by atoms with E-state index in [0.717, 1.165) is 4.57 Å². The van der Waals surface area contributed by atoms with E-state index in [-0.39, 0.29) is 11.9 Å². The van der Waals surface area contributed by atoms with Crippen molar-refractivity contribution in [3.8, 4) is 0 Å². The summed E-state index contributed by atoms with van der Waals surface area (Å²) < 4.78 is 4.04. The van der Waals surface area contributed by atoms with Gasteiger partial charge in [-0.1, -0.05) is 0 Å². The van der Waals surface area contributed by atoms with Gasteiger partial charge in [-0.15, -0.1) is 0 Å². The van der Waals surface area contributed by atoms with Gasteiger partial charge in [-0.3, -0.25) is 18.7 Å². The Kier molecular flexibility index (Phi) is 3.47. The van der Waals surface area contributed by atoms with Crippen LogP contribution in [0.4, 0.5) is 0 Å². The molecule has 0 unspecified atom stereocenters. The first-order valence-electron chi connectivity index (χ1n) is 6.17. The Bertz CT molecular complexity index is 796. The van der Waals surface area contributed by atoms with Crippen LogP contribution in [-0.2, 0) is 32.4 Å². The van der Waals surface area contributed by atoms with Crippen LogP contribution in [0.25, 0.3) is 11.2 Å². The van der Waals surface area contributed by atoms with Gasteiger partial charge in [0.15, 0.2) is 5.52 Å². The zero-order valence-electron chi connectivity index (χ0n) is 11.6. The summed E-state index contributed by atoms with van der Waals surface area (Å²) in [7, 11) is 4.69. The summed E-state index contributed by atoms with van der Waals surface area (Å²) in [5.41, 5.74) is -0.184. The molecule has 0 spiro atoms. The number of hydrogen-bond donors (Lipinski definition) is 1. The van der Waals surface area contributed by atoms with E-state index in [1.165, 1.54) is 11.6 Å². The highest BCUT2D eigenvalue weighted by atomic mass is 16.4. The number of aromatic nitrogens is 4. The van der Waals surface area contributed by atoms with Gasteiger partial charge in [-0.05, 0) is 6.42 Å². The van der Waals surface area contributed by atoms with E-state index >= 15 is 0 Å². The number of rotatable bonds is 4. The molecule has 0 bridgehead atoms. The van der Waals surface area contributed by atoms with Crippen LogP contribution < -0.4 is 11.2 Å². The summed E-state index contributed by atoms with van der Waals surface area (Å²) in [5, 5.41) is 8.64. The lowest BCUT2D eigenvalue weighted by molar-refractivity contribution is -0.137. The second-order valence-corrected chi connectivity index (χ2v) is 4.71. The fourth-order valence-corrected chi connectivity index (χ4v) is 2.25. The highest BCUT2D eigenvalue weighted by Crippen LogP contribution is 2.11. The molecule has 0 saturated carbocycles. The van der Waals surface area contributed by atoms with Crippen molar-refractivity contribution in [2.45, 2.75) is 19.3 Å². The van der Waals surface area contributed by atoms with Crippen molar-refractivity contribution in [3.05, 3.63) is 26.7 Å². The molecule has 0 atom stereocenters. The maximum atomic E-state index is 12.0. The predicted molar refractivity (Wildman–Crippen MR) is 71.8 cm³/mol. The topological polar surface area (TPSA) is 99.1 Å². The maximum Gasteiger partial charge on any atom is 0.332 e. The zero-order chi connectivity index (χ0) is 15.0. The summed E-state index contributed by atoms with van der Waals surface area (Å²) in [5.74, 6) is -0.272. The normalized spacial score (nSPS) is 11.2. The van der Waals surface area contributed by atoms with Crippen molar-refractivity contribution >= 4 is 17.1 Å². The van der Waals surface area contributed by atoms with E-state index in [9.17, 15) is 14.4 Å². The first-order chi connectivity index (χ1) is 9.34. The lowest BCUT2D eigenvalue weighted by Gasteiger charge is -2.05. The molecule has 2 aromatic heterocycles. The number of carboxylic acids is 1. The Morgan fingerprint density at radius 2 is 1.80 bits per heavy atom. The monoisotopic (exact) mass is 280 g/mol. The maximum absolute atomic E-state index is 12.0. The molecule has 0 aliphatic heterocycles. The lowest BCUT2D eigenvalue weighted by Crippen LogP contribution is -2.37. The van der Waals surface area contributed by atoms with Crippen LogP contribution in [-0.4, -0.2) is 29.8 Å². The Hall–Kier alpha value is -2.38. The molecule has 0 amide bonds. The molecule has 2 rings (SSSR count). The van der Waals surface area contributed by atoms with Crippen molar-refractivity contribution in [2.75, 3.05) is 0 Å². The molecule has 8 nitrogen and oxygen atoms in total. The Morgan fingerprint density at radius 3 is 2.40 bits per heavy atom. The molecule has 0 aliphatic rings. The fraction of sp³-hybridized carbons (Fsp3) is 0.500. The third-order valence-corrected chi connectivity index (χ3v) is 3.35. The summed E-state index contributed by atoms with van der Waals surface area (Å²) in [6, 6.07) is 0. The van der Waals surface area contributed by atoms with E-state index in [0.29, 0.717) is 24.3 Å². The van der Waals surface area contributed by atoms with Crippen LogP contribution in [0.15, 0.2) is 9.59 Å². The smallest absolute Gasteiger partial charge is 0.332 e. The van der Waals surface area contributed by atoms with Gasteiger partial charge in [0.25, 0.3) is 5.56 Å². The summed E-state index contributed by atoms with van der Waals surface area (Å²) in [4.78, 5) is 38.7. The van der Waals surface area contributed by atoms with Gasteiger partial charge < -0.3 is 9.67 Å². The molecule has 0 saturated heterocycles. The van der Waals surface area contributed by atoms with Gasteiger partial charge >= 0.3 is 11.7 Å². The number of aryl methyl sites for hydroxylation is 3. The van der Waals surface area contributed by atoms with Gasteiger partial charge in [0.1, 0.15) is 11.5 Å². The van der Waals surface area contributed by atoms with Crippen LogP contribution in [0.1, 0.15) is 18.7 Å². The fourth-order valence-electron chi connectivity index (χ4n) is 2.25.